The number of nitrogens with zero attached hydrogens (tertiary/aromatic N) is 4. The molecular weight excluding hydrogens is 242 g/mol. The van der Waals surface area contributed by atoms with Gasteiger partial charge in [0.1, 0.15) is 17.2 Å². The van der Waals surface area contributed by atoms with Crippen molar-refractivity contribution in [2.45, 2.75) is 26.3 Å². The first kappa shape index (κ1) is 13.6. The first-order valence-electron chi connectivity index (χ1n) is 6.56. The second kappa shape index (κ2) is 5.03. The van der Waals surface area contributed by atoms with E-state index in [1.807, 2.05) is 32.7 Å². The highest BCUT2D eigenvalue weighted by molar-refractivity contribution is 5.90. The van der Waals surface area contributed by atoms with Crippen LogP contribution in [0.2, 0.25) is 0 Å². The van der Waals surface area contributed by atoms with Crippen LogP contribution in [0.3, 0.4) is 0 Å². The van der Waals surface area contributed by atoms with Crippen molar-refractivity contribution in [3.05, 3.63) is 12.4 Å². The van der Waals surface area contributed by atoms with Crippen LogP contribution in [0.5, 0.6) is 0 Å². The number of likely N-dealkylation sites (N-methyl/N-ethyl adjacent to an activating group) is 1. The van der Waals surface area contributed by atoms with Crippen LogP contribution < -0.4 is 10.2 Å². The normalized spacial score (nSPS) is 18.6. The van der Waals surface area contributed by atoms with E-state index in [0.29, 0.717) is 6.54 Å². The third kappa shape index (κ3) is 2.47. The summed E-state index contributed by atoms with van der Waals surface area (Å²) < 4.78 is 0. The van der Waals surface area contributed by atoms with E-state index in [9.17, 15) is 4.79 Å². The Labute approximate surface area is 113 Å². The van der Waals surface area contributed by atoms with E-state index in [4.69, 9.17) is 0 Å². The highest BCUT2D eigenvalue weighted by atomic mass is 16.2. The van der Waals surface area contributed by atoms with E-state index in [2.05, 4.69) is 15.3 Å². The minimum absolute atomic E-state index is 0.106. The number of carbonyl (C=O) groups excluding carboxylic acids is 1. The van der Waals surface area contributed by atoms with E-state index in [0.717, 1.165) is 24.7 Å². The van der Waals surface area contributed by atoms with Crippen LogP contribution in [-0.4, -0.2) is 53.0 Å². The molecule has 0 atom stereocenters. The van der Waals surface area contributed by atoms with Gasteiger partial charge >= 0.3 is 0 Å². The average molecular weight is 263 g/mol. The molecule has 6 nitrogen and oxygen atoms in total. The minimum atomic E-state index is -0.591. The van der Waals surface area contributed by atoms with Crippen LogP contribution in [0.25, 0.3) is 0 Å². The van der Waals surface area contributed by atoms with E-state index >= 15 is 0 Å². The van der Waals surface area contributed by atoms with Crippen LogP contribution in [0.4, 0.5) is 11.6 Å². The Morgan fingerprint density at radius 2 is 2.11 bits per heavy atom. The van der Waals surface area contributed by atoms with E-state index in [-0.39, 0.29) is 5.91 Å². The minimum Gasteiger partial charge on any atom is -0.369 e. The lowest BCUT2D eigenvalue weighted by Gasteiger charge is -2.45. The Bertz CT molecular complexity index is 474. The third-order valence-corrected chi connectivity index (χ3v) is 3.46. The van der Waals surface area contributed by atoms with E-state index in [1.165, 1.54) is 0 Å². The van der Waals surface area contributed by atoms with Crippen molar-refractivity contribution in [1.29, 1.82) is 0 Å². The van der Waals surface area contributed by atoms with Gasteiger partial charge in [0.25, 0.3) is 0 Å². The topological polar surface area (TPSA) is 61.4 Å². The number of carbonyl (C=O) groups is 1. The second-order valence-corrected chi connectivity index (χ2v) is 5.23. The summed E-state index contributed by atoms with van der Waals surface area (Å²) in [5, 5.41) is 3.14. The number of amides is 1. The Morgan fingerprint density at radius 3 is 2.79 bits per heavy atom. The lowest BCUT2D eigenvalue weighted by Crippen LogP contribution is -2.62. The van der Waals surface area contributed by atoms with Gasteiger partial charge < -0.3 is 15.1 Å². The molecule has 2 rings (SSSR count). The fourth-order valence-corrected chi connectivity index (χ4v) is 2.37. The maximum atomic E-state index is 12.3. The number of aromatic nitrogens is 2. The zero-order chi connectivity index (χ0) is 14.0. The van der Waals surface area contributed by atoms with Crippen molar-refractivity contribution < 1.29 is 4.79 Å². The molecule has 0 saturated carbocycles. The standard InChI is InChI=1S/C13H21N5O/c1-5-15-10-8-14-9-11(16-10)18-7-6-17(4)12(19)13(18,2)3/h8-9H,5-7H2,1-4H3,(H,15,16). The summed E-state index contributed by atoms with van der Waals surface area (Å²) in [6.07, 6.45) is 3.40. The summed E-state index contributed by atoms with van der Waals surface area (Å²) >= 11 is 0. The second-order valence-electron chi connectivity index (χ2n) is 5.23. The summed E-state index contributed by atoms with van der Waals surface area (Å²) in [6, 6.07) is 0. The quantitative estimate of drug-likeness (QED) is 0.880. The number of anilines is 2. The molecule has 0 radical (unpaired) electrons. The summed E-state index contributed by atoms with van der Waals surface area (Å²) in [5.74, 6) is 1.58. The molecule has 1 fully saturated rings. The van der Waals surface area contributed by atoms with Crippen LogP contribution in [0.1, 0.15) is 20.8 Å². The number of piperazine rings is 1. The summed E-state index contributed by atoms with van der Waals surface area (Å²) in [7, 11) is 1.84. The highest BCUT2D eigenvalue weighted by Crippen LogP contribution is 2.27. The van der Waals surface area contributed by atoms with Gasteiger partial charge in [-0.1, -0.05) is 0 Å². The summed E-state index contributed by atoms with van der Waals surface area (Å²) in [5.41, 5.74) is -0.591. The van der Waals surface area contributed by atoms with Gasteiger partial charge in [-0.05, 0) is 20.8 Å². The summed E-state index contributed by atoms with van der Waals surface area (Å²) in [6.45, 7) is 8.12. The largest absolute Gasteiger partial charge is 0.369 e. The number of rotatable bonds is 3. The molecule has 1 aromatic rings. The molecule has 1 amide bonds. The van der Waals surface area contributed by atoms with Crippen molar-refractivity contribution >= 4 is 17.5 Å². The SMILES string of the molecule is CCNc1cncc(N2CCN(C)C(=O)C2(C)C)n1. The van der Waals surface area contributed by atoms with Crippen LogP contribution in [0, 0.1) is 0 Å². The Balaban J connectivity index is 2.30. The van der Waals surface area contributed by atoms with Crippen LogP contribution in [0.15, 0.2) is 12.4 Å². The molecule has 1 aliphatic rings. The maximum absolute atomic E-state index is 12.3. The van der Waals surface area contributed by atoms with Gasteiger partial charge in [-0.3, -0.25) is 9.78 Å². The molecule has 0 spiro atoms. The lowest BCUT2D eigenvalue weighted by molar-refractivity contribution is -0.136. The molecule has 0 bridgehead atoms. The number of hydrogen-bond donors (Lipinski definition) is 1. The molecule has 1 aliphatic heterocycles. The Kier molecular flexibility index (Phi) is 3.59. The predicted molar refractivity (Wildman–Crippen MR) is 75.3 cm³/mol. The molecule has 19 heavy (non-hydrogen) atoms. The molecule has 0 aromatic carbocycles. The number of nitrogens with one attached hydrogen (secondary N) is 1. The van der Waals surface area contributed by atoms with Crippen molar-refractivity contribution in [2.24, 2.45) is 0 Å². The van der Waals surface area contributed by atoms with E-state index < -0.39 is 5.54 Å². The molecular formula is C13H21N5O. The molecule has 1 saturated heterocycles. The smallest absolute Gasteiger partial charge is 0.247 e. The van der Waals surface area contributed by atoms with Crippen LogP contribution >= 0.6 is 0 Å². The molecule has 104 valence electrons. The van der Waals surface area contributed by atoms with Gasteiger partial charge in [-0.25, -0.2) is 4.98 Å². The van der Waals surface area contributed by atoms with Gasteiger partial charge in [0, 0.05) is 26.7 Å². The monoisotopic (exact) mass is 263 g/mol. The molecule has 6 heteroatoms. The van der Waals surface area contributed by atoms with E-state index in [1.54, 1.807) is 17.3 Å². The Hall–Kier alpha value is -1.85. The van der Waals surface area contributed by atoms with Gasteiger partial charge in [0.2, 0.25) is 5.91 Å². The van der Waals surface area contributed by atoms with Crippen molar-refractivity contribution in [2.75, 3.05) is 36.9 Å². The lowest BCUT2D eigenvalue weighted by atomic mass is 9.98. The fourth-order valence-electron chi connectivity index (χ4n) is 2.37. The highest BCUT2D eigenvalue weighted by Gasteiger charge is 2.41. The predicted octanol–water partition coefficient (Wildman–Crippen LogP) is 0.965. The van der Waals surface area contributed by atoms with Crippen molar-refractivity contribution in [1.82, 2.24) is 14.9 Å². The van der Waals surface area contributed by atoms with Gasteiger partial charge in [0.05, 0.1) is 12.4 Å². The van der Waals surface area contributed by atoms with Crippen molar-refractivity contribution in [3.8, 4) is 0 Å². The third-order valence-electron chi connectivity index (χ3n) is 3.46. The Morgan fingerprint density at radius 1 is 1.37 bits per heavy atom. The first-order valence-corrected chi connectivity index (χ1v) is 6.56. The molecule has 0 unspecified atom stereocenters. The number of hydrogen-bond acceptors (Lipinski definition) is 5. The van der Waals surface area contributed by atoms with Gasteiger partial charge in [-0.2, -0.15) is 0 Å². The fraction of sp³-hybridized carbons (Fsp3) is 0.615. The van der Waals surface area contributed by atoms with Crippen LogP contribution in [-0.2, 0) is 4.79 Å². The molecule has 1 N–H and O–H groups in total. The zero-order valence-corrected chi connectivity index (χ0v) is 12.0. The first-order chi connectivity index (χ1) is 8.96. The summed E-state index contributed by atoms with van der Waals surface area (Å²) in [4.78, 5) is 24.8. The van der Waals surface area contributed by atoms with Gasteiger partial charge in [-0.15, -0.1) is 0 Å². The maximum Gasteiger partial charge on any atom is 0.247 e. The molecule has 0 aliphatic carbocycles. The van der Waals surface area contributed by atoms with Crippen molar-refractivity contribution in [3.63, 3.8) is 0 Å². The zero-order valence-electron chi connectivity index (χ0n) is 12.0. The molecule has 1 aromatic heterocycles. The molecule has 2 heterocycles. The average Bonchev–Trinajstić information content (AvgIpc) is 2.37. The van der Waals surface area contributed by atoms with Gasteiger partial charge in [0.15, 0.2) is 0 Å².